The van der Waals surface area contributed by atoms with E-state index in [4.69, 9.17) is 4.74 Å². The summed E-state index contributed by atoms with van der Waals surface area (Å²) in [4.78, 5) is 3.48. The van der Waals surface area contributed by atoms with E-state index in [2.05, 4.69) is 9.71 Å². The molecule has 0 spiro atoms. The Morgan fingerprint density at radius 1 is 0.926 bits per heavy atom. The number of methoxy groups -OCH3 is 1. The van der Waals surface area contributed by atoms with Crippen LogP contribution in [-0.2, 0) is 16.4 Å². The van der Waals surface area contributed by atoms with E-state index in [1.807, 2.05) is 48.7 Å². The lowest BCUT2D eigenvalue weighted by Crippen LogP contribution is -2.26. The Balaban J connectivity index is 1.58. The molecule has 2 N–H and O–H groups in total. The lowest BCUT2D eigenvalue weighted by atomic mass is 10.1. The van der Waals surface area contributed by atoms with E-state index >= 15 is 0 Å². The minimum absolute atomic E-state index is 0.262. The van der Waals surface area contributed by atoms with Gasteiger partial charge in [-0.05, 0) is 30.2 Å². The molecule has 5 nitrogen and oxygen atoms in total. The molecule has 0 aliphatic rings. The fraction of sp³-hybridized carbons (Fsp3) is 0.143. The van der Waals surface area contributed by atoms with Crippen LogP contribution in [-0.4, -0.2) is 27.1 Å². The summed E-state index contributed by atoms with van der Waals surface area (Å²) >= 11 is 0. The van der Waals surface area contributed by atoms with Crippen molar-refractivity contribution >= 4 is 31.7 Å². The predicted octanol–water partition coefficient (Wildman–Crippen LogP) is 3.85. The largest absolute Gasteiger partial charge is 0.496 e. The van der Waals surface area contributed by atoms with Crippen molar-refractivity contribution in [2.75, 3.05) is 13.7 Å². The van der Waals surface area contributed by atoms with Crippen molar-refractivity contribution in [3.05, 3.63) is 72.4 Å². The minimum Gasteiger partial charge on any atom is -0.496 e. The van der Waals surface area contributed by atoms with Crippen LogP contribution in [0.2, 0.25) is 0 Å². The van der Waals surface area contributed by atoms with Gasteiger partial charge in [0.2, 0.25) is 10.0 Å². The number of nitrogens with one attached hydrogen (secondary N) is 2. The molecule has 0 radical (unpaired) electrons. The van der Waals surface area contributed by atoms with Gasteiger partial charge in [0.15, 0.2) is 0 Å². The number of aromatic nitrogens is 1. The van der Waals surface area contributed by atoms with Crippen molar-refractivity contribution in [1.29, 1.82) is 0 Å². The highest BCUT2D eigenvalue weighted by Crippen LogP contribution is 2.30. The summed E-state index contributed by atoms with van der Waals surface area (Å²) in [6.45, 7) is 0.324. The molecule has 0 aliphatic heterocycles. The third kappa shape index (κ3) is 3.29. The molecule has 138 valence electrons. The molecular weight excluding hydrogens is 360 g/mol. The Labute approximate surface area is 158 Å². The fourth-order valence-corrected chi connectivity index (χ4v) is 4.63. The topological polar surface area (TPSA) is 71.2 Å². The number of sulfonamides is 1. The summed E-state index contributed by atoms with van der Waals surface area (Å²) in [5.41, 5.74) is 2.14. The maximum Gasteiger partial charge on any atom is 0.241 e. The Bertz CT molecular complexity index is 1210. The lowest BCUT2D eigenvalue weighted by Gasteiger charge is -2.12. The number of H-pyrrole nitrogens is 1. The molecule has 0 bridgehead atoms. The number of rotatable bonds is 6. The van der Waals surface area contributed by atoms with E-state index < -0.39 is 10.0 Å². The first-order chi connectivity index (χ1) is 13.1. The molecule has 4 aromatic rings. The van der Waals surface area contributed by atoms with Crippen LogP contribution in [0.1, 0.15) is 5.56 Å². The number of hydrogen-bond acceptors (Lipinski definition) is 3. The highest BCUT2D eigenvalue weighted by Gasteiger charge is 2.18. The van der Waals surface area contributed by atoms with Crippen LogP contribution in [0.25, 0.3) is 21.7 Å². The van der Waals surface area contributed by atoms with Gasteiger partial charge in [-0.25, -0.2) is 13.1 Å². The van der Waals surface area contributed by atoms with Crippen LogP contribution in [0.5, 0.6) is 5.75 Å². The molecule has 0 saturated carbocycles. The zero-order chi connectivity index (χ0) is 18.9. The van der Waals surface area contributed by atoms with Gasteiger partial charge in [0.25, 0.3) is 0 Å². The van der Waals surface area contributed by atoms with E-state index in [0.717, 1.165) is 21.9 Å². The number of hydrogen-bond donors (Lipinski definition) is 2. The van der Waals surface area contributed by atoms with E-state index in [0.29, 0.717) is 24.1 Å². The molecule has 0 unspecified atom stereocenters. The van der Waals surface area contributed by atoms with Crippen LogP contribution in [0.15, 0.2) is 71.8 Å². The van der Waals surface area contributed by atoms with Crippen LogP contribution in [0, 0.1) is 0 Å². The van der Waals surface area contributed by atoms with Crippen molar-refractivity contribution in [3.63, 3.8) is 0 Å². The van der Waals surface area contributed by atoms with Gasteiger partial charge in [0, 0.05) is 34.4 Å². The van der Waals surface area contributed by atoms with Gasteiger partial charge >= 0.3 is 0 Å². The smallest absolute Gasteiger partial charge is 0.241 e. The number of aromatic amines is 1. The van der Waals surface area contributed by atoms with Crippen molar-refractivity contribution in [2.45, 2.75) is 11.3 Å². The monoisotopic (exact) mass is 380 g/mol. The number of benzene rings is 3. The first kappa shape index (κ1) is 17.6. The van der Waals surface area contributed by atoms with Gasteiger partial charge in [-0.1, -0.05) is 42.5 Å². The van der Waals surface area contributed by atoms with Gasteiger partial charge < -0.3 is 9.72 Å². The average Bonchev–Trinajstić information content (AvgIpc) is 3.10. The van der Waals surface area contributed by atoms with E-state index in [-0.39, 0.29) is 4.90 Å². The van der Waals surface area contributed by atoms with Gasteiger partial charge in [0.05, 0.1) is 12.0 Å². The Morgan fingerprint density at radius 2 is 1.63 bits per heavy atom. The first-order valence-corrected chi connectivity index (χ1v) is 10.2. The fourth-order valence-electron chi connectivity index (χ4n) is 3.39. The number of fused-ring (bicyclic) bond motifs is 2. The highest BCUT2D eigenvalue weighted by atomic mass is 32.2. The van der Waals surface area contributed by atoms with Gasteiger partial charge in [0.1, 0.15) is 5.75 Å². The van der Waals surface area contributed by atoms with E-state index in [1.165, 1.54) is 0 Å². The van der Waals surface area contributed by atoms with E-state index in [9.17, 15) is 8.42 Å². The molecule has 0 aliphatic carbocycles. The van der Waals surface area contributed by atoms with Crippen LogP contribution in [0.4, 0.5) is 0 Å². The quantitative estimate of drug-likeness (QED) is 0.534. The minimum atomic E-state index is -3.63. The summed E-state index contributed by atoms with van der Waals surface area (Å²) < 4.78 is 33.8. The second-order valence-electron chi connectivity index (χ2n) is 6.32. The normalized spacial score (nSPS) is 11.9. The first-order valence-electron chi connectivity index (χ1n) is 8.70. The second kappa shape index (κ2) is 7.06. The standard InChI is InChI=1S/C21H20N2O3S/c1-26-20-10-11-21(18-8-3-2-7-17(18)20)27(24,25)23-13-12-15-14-22-19-9-5-4-6-16(15)19/h2-11,14,22-23H,12-13H2,1H3. The van der Waals surface area contributed by atoms with E-state index in [1.54, 1.807) is 25.3 Å². The third-order valence-corrected chi connectivity index (χ3v) is 6.23. The predicted molar refractivity (Wildman–Crippen MR) is 108 cm³/mol. The summed E-state index contributed by atoms with van der Waals surface area (Å²) in [5, 5.41) is 2.54. The van der Waals surface area contributed by atoms with Crippen molar-refractivity contribution in [1.82, 2.24) is 9.71 Å². The Hall–Kier alpha value is -2.83. The van der Waals surface area contributed by atoms with Gasteiger partial charge in [-0.15, -0.1) is 0 Å². The SMILES string of the molecule is COc1ccc(S(=O)(=O)NCCc2c[nH]c3ccccc23)c2ccccc12. The molecule has 0 atom stereocenters. The third-order valence-electron chi connectivity index (χ3n) is 4.71. The molecule has 0 saturated heterocycles. The summed E-state index contributed by atoms with van der Waals surface area (Å²) in [7, 11) is -2.06. The van der Waals surface area contributed by atoms with Crippen molar-refractivity contribution in [2.24, 2.45) is 0 Å². The molecule has 0 fully saturated rings. The molecule has 6 heteroatoms. The molecule has 1 aromatic heterocycles. The van der Waals surface area contributed by atoms with Gasteiger partial charge in [-0.2, -0.15) is 0 Å². The van der Waals surface area contributed by atoms with Crippen LogP contribution < -0.4 is 9.46 Å². The van der Waals surface area contributed by atoms with Gasteiger partial charge in [-0.3, -0.25) is 0 Å². The maximum absolute atomic E-state index is 12.9. The molecule has 4 rings (SSSR count). The Morgan fingerprint density at radius 3 is 2.41 bits per heavy atom. The summed E-state index contributed by atoms with van der Waals surface area (Å²) in [6, 6.07) is 18.6. The molecule has 3 aromatic carbocycles. The van der Waals surface area contributed by atoms with Crippen molar-refractivity contribution in [3.8, 4) is 5.75 Å². The second-order valence-corrected chi connectivity index (χ2v) is 8.05. The zero-order valence-corrected chi connectivity index (χ0v) is 15.7. The maximum atomic E-state index is 12.9. The van der Waals surface area contributed by atoms with Crippen LogP contribution >= 0.6 is 0 Å². The number of ether oxygens (including phenoxy) is 1. The summed E-state index contributed by atoms with van der Waals surface area (Å²) in [5.74, 6) is 0.656. The zero-order valence-electron chi connectivity index (χ0n) is 14.9. The lowest BCUT2D eigenvalue weighted by molar-refractivity contribution is 0.419. The molecule has 1 heterocycles. The Kier molecular flexibility index (Phi) is 4.59. The average molecular weight is 380 g/mol. The highest BCUT2D eigenvalue weighted by molar-refractivity contribution is 7.89. The van der Waals surface area contributed by atoms with Crippen LogP contribution in [0.3, 0.4) is 0 Å². The molecule has 0 amide bonds. The molecule has 27 heavy (non-hydrogen) atoms. The van der Waals surface area contributed by atoms with Crippen molar-refractivity contribution < 1.29 is 13.2 Å². The summed E-state index contributed by atoms with van der Waals surface area (Å²) in [6.07, 6.45) is 2.54. The molecular formula is C21H20N2O3S. The number of para-hydroxylation sites is 1.